The predicted octanol–water partition coefficient (Wildman–Crippen LogP) is 2.72. The molecule has 2 amide bonds. The van der Waals surface area contributed by atoms with Gasteiger partial charge in [-0.2, -0.15) is 0 Å². The summed E-state index contributed by atoms with van der Waals surface area (Å²) >= 11 is 0. The van der Waals surface area contributed by atoms with Gasteiger partial charge in [-0.1, -0.05) is 24.3 Å². The third-order valence-electron chi connectivity index (χ3n) is 3.58. The Morgan fingerprint density at radius 1 is 1.04 bits per heavy atom. The summed E-state index contributed by atoms with van der Waals surface area (Å²) < 4.78 is 13.1. The molecule has 0 spiro atoms. The molecule has 2 rings (SSSR count). The van der Waals surface area contributed by atoms with Crippen molar-refractivity contribution >= 4 is 23.2 Å². The Kier molecular flexibility index (Phi) is 6.03. The molecule has 0 saturated carbocycles. The van der Waals surface area contributed by atoms with Crippen molar-refractivity contribution in [2.24, 2.45) is 0 Å². The molecule has 0 fully saturated rings. The zero-order valence-electron chi connectivity index (χ0n) is 13.6. The quantitative estimate of drug-likeness (QED) is 0.857. The molecule has 0 radical (unpaired) electrons. The number of halogens is 1. The molecular weight excluding hydrogens is 309 g/mol. The van der Waals surface area contributed by atoms with Crippen molar-refractivity contribution in [2.45, 2.75) is 13.0 Å². The number of hydrogen-bond acceptors (Lipinski definition) is 3. The van der Waals surface area contributed by atoms with E-state index in [2.05, 4.69) is 10.6 Å². The van der Waals surface area contributed by atoms with E-state index in [1.807, 2.05) is 18.2 Å². The summed E-state index contributed by atoms with van der Waals surface area (Å²) in [5, 5.41) is 5.40. The lowest BCUT2D eigenvalue weighted by atomic mass is 10.2. The van der Waals surface area contributed by atoms with Gasteiger partial charge in [0.2, 0.25) is 11.8 Å². The molecular formula is C18H20FN3O2. The average molecular weight is 329 g/mol. The van der Waals surface area contributed by atoms with E-state index in [4.69, 9.17) is 0 Å². The van der Waals surface area contributed by atoms with E-state index in [1.54, 1.807) is 37.1 Å². The van der Waals surface area contributed by atoms with Crippen molar-refractivity contribution in [3.05, 3.63) is 60.4 Å². The number of benzene rings is 2. The molecule has 0 aromatic heterocycles. The Bertz CT molecular complexity index is 706. The molecule has 2 aromatic carbocycles. The zero-order valence-corrected chi connectivity index (χ0v) is 13.6. The number of hydrogen-bond donors (Lipinski definition) is 2. The van der Waals surface area contributed by atoms with Crippen LogP contribution in [0.4, 0.5) is 15.8 Å². The van der Waals surface area contributed by atoms with Crippen LogP contribution in [-0.4, -0.2) is 36.3 Å². The van der Waals surface area contributed by atoms with Crippen molar-refractivity contribution in [3.63, 3.8) is 0 Å². The summed E-state index contributed by atoms with van der Waals surface area (Å²) in [6, 6.07) is 14.3. The van der Waals surface area contributed by atoms with Gasteiger partial charge in [0.05, 0.1) is 12.6 Å². The molecule has 1 atom stereocenters. The van der Waals surface area contributed by atoms with E-state index >= 15 is 0 Å². The standard InChI is InChI=1S/C18H20FN3O2/c1-13(18(24)21-15-8-4-3-5-9-15)22(2)12-17(23)20-16-10-6-7-14(19)11-16/h3-11,13H,12H2,1-2H3,(H,20,23)(H,21,24). The van der Waals surface area contributed by atoms with Gasteiger partial charge in [0, 0.05) is 11.4 Å². The highest BCUT2D eigenvalue weighted by atomic mass is 19.1. The number of carbonyl (C=O) groups is 2. The van der Waals surface area contributed by atoms with Gasteiger partial charge in [0.1, 0.15) is 5.82 Å². The van der Waals surface area contributed by atoms with Crippen LogP contribution in [0.25, 0.3) is 0 Å². The van der Waals surface area contributed by atoms with E-state index in [-0.39, 0.29) is 18.4 Å². The molecule has 0 saturated heterocycles. The summed E-state index contributed by atoms with van der Waals surface area (Å²) in [5.41, 5.74) is 1.08. The van der Waals surface area contributed by atoms with Crippen molar-refractivity contribution in [2.75, 3.05) is 24.2 Å². The Hall–Kier alpha value is -2.73. The minimum Gasteiger partial charge on any atom is -0.325 e. The zero-order chi connectivity index (χ0) is 17.5. The van der Waals surface area contributed by atoms with Crippen LogP contribution in [0.5, 0.6) is 0 Å². The average Bonchev–Trinajstić information content (AvgIpc) is 2.54. The highest BCUT2D eigenvalue weighted by Crippen LogP contribution is 2.10. The van der Waals surface area contributed by atoms with Gasteiger partial charge in [0.25, 0.3) is 0 Å². The minimum atomic E-state index is -0.497. The van der Waals surface area contributed by atoms with E-state index in [9.17, 15) is 14.0 Å². The van der Waals surface area contributed by atoms with E-state index < -0.39 is 11.9 Å². The second kappa shape index (κ2) is 8.21. The van der Waals surface area contributed by atoms with Gasteiger partial charge in [-0.25, -0.2) is 4.39 Å². The van der Waals surface area contributed by atoms with Crippen LogP contribution in [0.2, 0.25) is 0 Å². The Morgan fingerprint density at radius 2 is 1.71 bits per heavy atom. The van der Waals surface area contributed by atoms with Crippen LogP contribution < -0.4 is 10.6 Å². The van der Waals surface area contributed by atoms with Gasteiger partial charge >= 0.3 is 0 Å². The molecule has 0 aliphatic rings. The van der Waals surface area contributed by atoms with Crippen molar-refractivity contribution in [1.29, 1.82) is 0 Å². The topological polar surface area (TPSA) is 61.4 Å². The van der Waals surface area contributed by atoms with Gasteiger partial charge in [-0.3, -0.25) is 14.5 Å². The summed E-state index contributed by atoms with van der Waals surface area (Å²) in [7, 11) is 1.68. The lowest BCUT2D eigenvalue weighted by Crippen LogP contribution is -2.43. The normalized spacial score (nSPS) is 11.8. The number of anilines is 2. The van der Waals surface area contributed by atoms with Crippen LogP contribution in [-0.2, 0) is 9.59 Å². The second-order valence-electron chi connectivity index (χ2n) is 5.50. The van der Waals surface area contributed by atoms with E-state index in [0.717, 1.165) is 0 Å². The Labute approximate surface area is 140 Å². The van der Waals surface area contributed by atoms with Crippen LogP contribution in [0.3, 0.4) is 0 Å². The fraction of sp³-hybridized carbons (Fsp3) is 0.222. The summed E-state index contributed by atoms with van der Waals surface area (Å²) in [6.45, 7) is 1.73. The largest absolute Gasteiger partial charge is 0.325 e. The maximum atomic E-state index is 13.1. The Morgan fingerprint density at radius 3 is 2.38 bits per heavy atom. The number of para-hydroxylation sites is 1. The molecule has 0 aliphatic heterocycles. The van der Waals surface area contributed by atoms with Crippen LogP contribution in [0.15, 0.2) is 54.6 Å². The number of likely N-dealkylation sites (N-methyl/N-ethyl adjacent to an activating group) is 1. The van der Waals surface area contributed by atoms with Crippen LogP contribution in [0, 0.1) is 5.82 Å². The summed E-state index contributed by atoms with van der Waals surface area (Å²) in [6.07, 6.45) is 0. The highest BCUT2D eigenvalue weighted by molar-refractivity contribution is 5.96. The van der Waals surface area contributed by atoms with E-state index in [0.29, 0.717) is 11.4 Å². The first kappa shape index (κ1) is 17.6. The molecule has 2 aromatic rings. The molecule has 0 aliphatic carbocycles. The SMILES string of the molecule is CC(C(=O)Nc1ccccc1)N(C)CC(=O)Nc1cccc(F)c1. The molecule has 1 unspecified atom stereocenters. The van der Waals surface area contributed by atoms with Gasteiger partial charge < -0.3 is 10.6 Å². The van der Waals surface area contributed by atoms with E-state index in [1.165, 1.54) is 18.2 Å². The summed E-state index contributed by atoms with van der Waals surface area (Å²) in [4.78, 5) is 25.8. The molecule has 126 valence electrons. The van der Waals surface area contributed by atoms with Gasteiger partial charge in [-0.05, 0) is 44.3 Å². The van der Waals surface area contributed by atoms with Crippen molar-refractivity contribution in [3.8, 4) is 0 Å². The fourth-order valence-electron chi connectivity index (χ4n) is 2.10. The Balaban J connectivity index is 1.87. The third-order valence-corrected chi connectivity index (χ3v) is 3.58. The number of carbonyl (C=O) groups excluding carboxylic acids is 2. The fourth-order valence-corrected chi connectivity index (χ4v) is 2.10. The minimum absolute atomic E-state index is 0.0138. The third kappa shape index (κ3) is 5.17. The maximum absolute atomic E-state index is 13.1. The molecule has 5 nitrogen and oxygen atoms in total. The number of nitrogens with one attached hydrogen (secondary N) is 2. The molecule has 6 heteroatoms. The first-order chi connectivity index (χ1) is 11.5. The summed E-state index contributed by atoms with van der Waals surface area (Å²) in [5.74, 6) is -0.943. The van der Waals surface area contributed by atoms with Gasteiger partial charge in [-0.15, -0.1) is 0 Å². The van der Waals surface area contributed by atoms with Crippen molar-refractivity contribution < 1.29 is 14.0 Å². The first-order valence-corrected chi connectivity index (χ1v) is 7.57. The first-order valence-electron chi connectivity index (χ1n) is 7.57. The second-order valence-corrected chi connectivity index (χ2v) is 5.50. The lowest BCUT2D eigenvalue weighted by Gasteiger charge is -2.23. The number of nitrogens with zero attached hydrogens (tertiary/aromatic N) is 1. The van der Waals surface area contributed by atoms with Crippen molar-refractivity contribution in [1.82, 2.24) is 4.90 Å². The predicted molar refractivity (Wildman–Crippen MR) is 92.2 cm³/mol. The van der Waals surface area contributed by atoms with Gasteiger partial charge in [0.15, 0.2) is 0 Å². The lowest BCUT2D eigenvalue weighted by molar-refractivity contribution is -0.122. The monoisotopic (exact) mass is 329 g/mol. The highest BCUT2D eigenvalue weighted by Gasteiger charge is 2.20. The van der Waals surface area contributed by atoms with Crippen LogP contribution >= 0.6 is 0 Å². The smallest absolute Gasteiger partial charge is 0.241 e. The van der Waals surface area contributed by atoms with Crippen LogP contribution in [0.1, 0.15) is 6.92 Å². The molecule has 0 bridgehead atoms. The maximum Gasteiger partial charge on any atom is 0.241 e. The molecule has 24 heavy (non-hydrogen) atoms. The molecule has 0 heterocycles. The number of rotatable bonds is 6. The molecule has 2 N–H and O–H groups in total. The number of amides is 2.